The Morgan fingerprint density at radius 1 is 1.29 bits per heavy atom. The van der Waals surface area contributed by atoms with Gasteiger partial charge >= 0.3 is 12.1 Å². The summed E-state index contributed by atoms with van der Waals surface area (Å²) in [5.74, 6) is -3.70. The first-order chi connectivity index (χ1) is 12.9. The van der Waals surface area contributed by atoms with Crippen LogP contribution < -0.4 is 5.73 Å². The summed E-state index contributed by atoms with van der Waals surface area (Å²) in [7, 11) is 0. The number of aromatic nitrogens is 1. The first kappa shape index (κ1) is 20.4. The van der Waals surface area contributed by atoms with Gasteiger partial charge in [0.05, 0.1) is 17.1 Å². The Morgan fingerprint density at radius 2 is 1.89 bits per heavy atom. The molecule has 0 radical (unpaired) electrons. The number of primary amides is 1. The summed E-state index contributed by atoms with van der Waals surface area (Å²) in [5.41, 5.74) is 4.02. The van der Waals surface area contributed by atoms with Gasteiger partial charge in [-0.05, 0) is 55.7 Å². The largest absolute Gasteiger partial charge is 0.484 e. The predicted octanol–water partition coefficient (Wildman–Crippen LogP) is 3.59. The summed E-state index contributed by atoms with van der Waals surface area (Å²) in [6, 6.07) is 1.08. The molecule has 2 N–H and O–H groups in total. The van der Waals surface area contributed by atoms with E-state index in [9.17, 15) is 27.7 Å². The van der Waals surface area contributed by atoms with Crippen LogP contribution in [0.4, 0.5) is 13.2 Å². The maximum Gasteiger partial charge on any atom is 0.484 e. The predicted molar refractivity (Wildman–Crippen MR) is 93.6 cm³/mol. The molecule has 2 aliphatic carbocycles. The molecule has 0 saturated heterocycles. The highest BCUT2D eigenvalue weighted by atomic mass is 19.4. The number of halogens is 3. The molecule has 1 heterocycles. The lowest BCUT2D eigenvalue weighted by Gasteiger charge is -2.20. The number of amides is 2. The summed E-state index contributed by atoms with van der Waals surface area (Å²) in [4.78, 5) is 40.9. The molecule has 2 aliphatic rings. The Kier molecular flexibility index (Phi) is 5.05. The first-order valence-corrected chi connectivity index (χ1v) is 9.31. The Morgan fingerprint density at radius 3 is 2.36 bits per heavy atom. The fourth-order valence-corrected chi connectivity index (χ4v) is 3.66. The van der Waals surface area contributed by atoms with Gasteiger partial charge in [-0.15, -0.1) is 0 Å². The van der Waals surface area contributed by atoms with Crippen molar-refractivity contribution in [3.05, 3.63) is 34.0 Å². The van der Waals surface area contributed by atoms with E-state index in [2.05, 4.69) is 4.98 Å². The summed E-state index contributed by atoms with van der Waals surface area (Å²) < 4.78 is 40.1. The summed E-state index contributed by atoms with van der Waals surface area (Å²) >= 11 is 0. The van der Waals surface area contributed by atoms with Crippen LogP contribution in [-0.4, -0.2) is 33.3 Å². The maximum atomic E-state index is 13.3. The van der Waals surface area contributed by atoms with Crippen molar-refractivity contribution in [2.45, 2.75) is 69.5 Å². The molecule has 9 heteroatoms. The van der Waals surface area contributed by atoms with Gasteiger partial charge in [-0.1, -0.05) is 0 Å². The molecule has 0 spiro atoms. The molecule has 152 valence electrons. The van der Waals surface area contributed by atoms with E-state index < -0.39 is 29.4 Å². The Balaban J connectivity index is 1.95. The summed E-state index contributed by atoms with van der Waals surface area (Å²) in [5, 5.41) is 0. The second-order valence-electron chi connectivity index (χ2n) is 8.11. The van der Waals surface area contributed by atoms with Gasteiger partial charge in [-0.25, -0.2) is 9.78 Å². The van der Waals surface area contributed by atoms with E-state index in [1.807, 2.05) is 0 Å². The normalized spacial score (nSPS) is 20.3. The number of carbonyl (C=O) groups is 2. The zero-order valence-electron chi connectivity index (χ0n) is 15.8. The Hall–Kier alpha value is -2.32. The van der Waals surface area contributed by atoms with Crippen LogP contribution in [0.1, 0.15) is 79.4 Å². The number of rotatable bonds is 7. The molecule has 2 fully saturated rings. The molecule has 0 aromatic carbocycles. The number of nitrogens with zero attached hydrogens (tertiary/aromatic N) is 2. The number of carbonyl (C=O) groups excluding carboxylic acids is 2. The topological polar surface area (TPSA) is 93.1 Å². The molecule has 1 unspecified atom stereocenters. The van der Waals surface area contributed by atoms with Gasteiger partial charge in [0.25, 0.3) is 0 Å². The van der Waals surface area contributed by atoms with E-state index in [0.29, 0.717) is 18.4 Å². The van der Waals surface area contributed by atoms with Crippen molar-refractivity contribution in [2.75, 3.05) is 0 Å². The fraction of sp³-hybridized carbons (Fsp3) is 0.632. The minimum absolute atomic E-state index is 0.00592. The monoisotopic (exact) mass is 398 g/mol. The second kappa shape index (κ2) is 6.93. The smallest absolute Gasteiger partial charge is 0.369 e. The summed E-state index contributed by atoms with van der Waals surface area (Å²) in [6.07, 6.45) is -0.591. The SMILES string of the molecule is C[C@@H](c1cc(C(=O)[N+](=O)C(C)(CC(N)=O)C2CC2)ncc1C1CC1)C(F)(F)F. The highest BCUT2D eigenvalue weighted by molar-refractivity contribution is 5.86. The maximum absolute atomic E-state index is 13.3. The number of nitrogens with two attached hydrogens (primary N) is 1. The van der Waals surface area contributed by atoms with Crippen molar-refractivity contribution in [1.29, 1.82) is 0 Å². The highest BCUT2D eigenvalue weighted by Crippen LogP contribution is 2.47. The van der Waals surface area contributed by atoms with Crippen LogP contribution in [0.2, 0.25) is 0 Å². The quantitative estimate of drug-likeness (QED) is 0.711. The molecule has 6 nitrogen and oxygen atoms in total. The van der Waals surface area contributed by atoms with Crippen LogP contribution in [0.25, 0.3) is 0 Å². The van der Waals surface area contributed by atoms with Crippen LogP contribution in [0.5, 0.6) is 0 Å². The molecule has 1 aromatic rings. The molecule has 1 aromatic heterocycles. The number of pyridine rings is 1. The van der Waals surface area contributed by atoms with Gasteiger partial charge in [0, 0.05) is 23.9 Å². The molecule has 2 atom stereocenters. The fourth-order valence-electron chi connectivity index (χ4n) is 3.66. The van der Waals surface area contributed by atoms with Crippen molar-refractivity contribution in [3.63, 3.8) is 0 Å². The van der Waals surface area contributed by atoms with Crippen LogP contribution in [0.3, 0.4) is 0 Å². The molecule has 28 heavy (non-hydrogen) atoms. The van der Waals surface area contributed by atoms with Crippen LogP contribution in [0, 0.1) is 10.8 Å². The summed E-state index contributed by atoms with van der Waals surface area (Å²) in [6.45, 7) is 2.52. The van der Waals surface area contributed by atoms with Crippen molar-refractivity contribution in [2.24, 2.45) is 11.7 Å². The van der Waals surface area contributed by atoms with Crippen LogP contribution >= 0.6 is 0 Å². The van der Waals surface area contributed by atoms with E-state index in [-0.39, 0.29) is 34.3 Å². The number of hydrogen-bond donors (Lipinski definition) is 1. The lowest BCUT2D eigenvalue weighted by Crippen LogP contribution is -2.46. The molecule has 2 amide bonds. The Labute approximate surface area is 160 Å². The van der Waals surface area contributed by atoms with Gasteiger partial charge in [-0.2, -0.15) is 13.2 Å². The van der Waals surface area contributed by atoms with Gasteiger partial charge in [-0.3, -0.25) is 4.79 Å². The third-order valence-electron chi connectivity index (χ3n) is 5.80. The Bertz CT molecular complexity index is 831. The number of nitroso groups, excluding NO2 is 1. The minimum Gasteiger partial charge on any atom is -0.369 e. The van der Waals surface area contributed by atoms with E-state index in [1.54, 1.807) is 0 Å². The van der Waals surface area contributed by atoms with Crippen molar-refractivity contribution in [3.8, 4) is 0 Å². The third kappa shape index (κ3) is 3.93. The molecular weight excluding hydrogens is 375 g/mol. The van der Waals surface area contributed by atoms with E-state index >= 15 is 0 Å². The molecular formula is C19H23F3N3O3+. The molecule has 2 saturated carbocycles. The highest BCUT2D eigenvalue weighted by Gasteiger charge is 2.58. The minimum atomic E-state index is -4.48. The standard InChI is InChI=1S/C19H22F3N3O3/c1-10(19(20,21)22)13-7-15(24-9-14(13)11-3-4-11)17(27)25(28)18(2,8-16(23)26)12-5-6-12/h7,9-12H,3-6,8H2,1-2H3,(H-,23,26)/p+1/t10-,18?/m0/s1. The molecule has 0 bridgehead atoms. The van der Waals surface area contributed by atoms with Crippen molar-refractivity contribution >= 4 is 11.8 Å². The average molecular weight is 398 g/mol. The van der Waals surface area contributed by atoms with Crippen LogP contribution in [0.15, 0.2) is 12.3 Å². The van der Waals surface area contributed by atoms with Gasteiger partial charge in [0.2, 0.25) is 11.4 Å². The van der Waals surface area contributed by atoms with Crippen molar-refractivity contribution in [1.82, 2.24) is 4.98 Å². The van der Waals surface area contributed by atoms with E-state index in [0.717, 1.165) is 25.8 Å². The van der Waals surface area contributed by atoms with Crippen LogP contribution in [-0.2, 0) is 4.79 Å². The zero-order chi connectivity index (χ0) is 20.9. The number of alkyl halides is 3. The van der Waals surface area contributed by atoms with Crippen molar-refractivity contribution < 1.29 is 27.5 Å². The average Bonchev–Trinajstić information content (AvgIpc) is 3.48. The lowest BCUT2D eigenvalue weighted by atomic mass is 9.90. The van der Waals surface area contributed by atoms with Gasteiger partial charge in [0.15, 0.2) is 5.69 Å². The van der Waals surface area contributed by atoms with Gasteiger partial charge < -0.3 is 5.73 Å². The zero-order valence-corrected chi connectivity index (χ0v) is 15.8. The molecule has 0 aliphatic heterocycles. The van der Waals surface area contributed by atoms with E-state index in [4.69, 9.17) is 5.73 Å². The molecule has 3 rings (SSSR count). The number of hydrogen-bond acceptors (Lipinski definition) is 4. The second-order valence-corrected chi connectivity index (χ2v) is 8.11. The lowest BCUT2D eigenvalue weighted by molar-refractivity contribution is -0.541. The van der Waals surface area contributed by atoms with Gasteiger partial charge in [0.1, 0.15) is 0 Å². The van der Waals surface area contributed by atoms with E-state index in [1.165, 1.54) is 13.1 Å². The first-order valence-electron chi connectivity index (χ1n) is 9.31. The third-order valence-corrected chi connectivity index (χ3v) is 5.80.